The summed E-state index contributed by atoms with van der Waals surface area (Å²) in [6, 6.07) is 10.4. The van der Waals surface area contributed by atoms with Gasteiger partial charge in [-0.1, -0.05) is 12.1 Å². The Hall–Kier alpha value is -1.90. The Morgan fingerprint density at radius 2 is 2.00 bits per heavy atom. The average Bonchev–Trinajstić information content (AvgIpc) is 3.09. The largest absolute Gasteiger partial charge is 0.296 e. The monoisotopic (exact) mass is 225 g/mol. The van der Waals surface area contributed by atoms with Gasteiger partial charge in [0, 0.05) is 25.4 Å². The fourth-order valence-corrected chi connectivity index (χ4v) is 1.94. The molecule has 0 spiro atoms. The molecule has 0 amide bonds. The van der Waals surface area contributed by atoms with Crippen molar-refractivity contribution in [2.24, 2.45) is 4.99 Å². The molecule has 3 heteroatoms. The second-order valence-electron chi connectivity index (χ2n) is 4.44. The molecular weight excluding hydrogens is 210 g/mol. The molecule has 1 aliphatic carbocycles. The maximum absolute atomic E-state index is 4.60. The first-order chi connectivity index (χ1) is 8.36. The molecule has 1 aromatic heterocycles. The predicted octanol–water partition coefficient (Wildman–Crippen LogP) is 2.80. The molecule has 17 heavy (non-hydrogen) atoms. The normalized spacial score (nSPS) is 15.6. The van der Waals surface area contributed by atoms with Crippen LogP contribution >= 0.6 is 0 Å². The van der Waals surface area contributed by atoms with E-state index < -0.39 is 0 Å². The zero-order valence-corrected chi connectivity index (χ0v) is 9.87. The van der Waals surface area contributed by atoms with E-state index in [1.54, 1.807) is 7.05 Å². The van der Waals surface area contributed by atoms with E-state index in [9.17, 15) is 0 Å². The Bertz CT molecular complexity index is 533. The van der Waals surface area contributed by atoms with Crippen molar-refractivity contribution in [3.05, 3.63) is 47.8 Å². The van der Waals surface area contributed by atoms with Crippen LogP contribution in [0.2, 0.25) is 0 Å². The lowest BCUT2D eigenvalue weighted by molar-refractivity contribution is 0.837. The zero-order valence-electron chi connectivity index (χ0n) is 9.87. The van der Waals surface area contributed by atoms with Gasteiger partial charge < -0.3 is 0 Å². The summed E-state index contributed by atoms with van der Waals surface area (Å²) < 4.78 is 1.94. The van der Waals surface area contributed by atoms with Crippen LogP contribution in [0.25, 0.3) is 5.69 Å². The van der Waals surface area contributed by atoms with Crippen molar-refractivity contribution in [3.8, 4) is 5.69 Å². The number of nitrogens with zero attached hydrogens (tertiary/aromatic N) is 3. The molecule has 0 aliphatic heterocycles. The van der Waals surface area contributed by atoms with Gasteiger partial charge in [0.2, 0.25) is 0 Å². The SMILES string of the molecule is C/N=C\c1ccc(-n2ccc(C3CC3)n2)cc1. The maximum atomic E-state index is 4.60. The predicted molar refractivity (Wildman–Crippen MR) is 69.1 cm³/mol. The van der Waals surface area contributed by atoms with Gasteiger partial charge in [0.05, 0.1) is 11.4 Å². The molecule has 0 radical (unpaired) electrons. The Balaban J connectivity index is 1.86. The van der Waals surface area contributed by atoms with E-state index >= 15 is 0 Å². The van der Waals surface area contributed by atoms with E-state index in [0.717, 1.165) is 11.3 Å². The minimum absolute atomic E-state index is 0.711. The van der Waals surface area contributed by atoms with Crippen molar-refractivity contribution in [2.45, 2.75) is 18.8 Å². The Kier molecular flexibility index (Phi) is 2.52. The van der Waals surface area contributed by atoms with Crippen LogP contribution in [0.1, 0.15) is 30.0 Å². The van der Waals surface area contributed by atoms with Crippen LogP contribution in [0.3, 0.4) is 0 Å². The van der Waals surface area contributed by atoms with Gasteiger partial charge in [0.15, 0.2) is 0 Å². The van der Waals surface area contributed by atoms with Gasteiger partial charge in [-0.3, -0.25) is 4.99 Å². The molecule has 86 valence electrons. The van der Waals surface area contributed by atoms with E-state index in [2.05, 4.69) is 40.4 Å². The summed E-state index contributed by atoms with van der Waals surface area (Å²) in [5.74, 6) is 0.711. The summed E-state index contributed by atoms with van der Waals surface area (Å²) in [7, 11) is 1.78. The van der Waals surface area contributed by atoms with Crippen LogP contribution in [0, 0.1) is 0 Å². The molecule has 0 bridgehead atoms. The number of aromatic nitrogens is 2. The van der Waals surface area contributed by atoms with Crippen molar-refractivity contribution in [3.63, 3.8) is 0 Å². The quantitative estimate of drug-likeness (QED) is 0.739. The first-order valence-electron chi connectivity index (χ1n) is 5.95. The standard InChI is InChI=1S/C14H15N3/c1-15-10-11-2-6-13(7-3-11)17-9-8-14(16-17)12-4-5-12/h2-3,6-10,12H,4-5H2,1H3/b15-10-. The number of rotatable bonds is 3. The molecule has 0 atom stereocenters. The molecule has 1 heterocycles. The van der Waals surface area contributed by atoms with E-state index in [1.807, 2.05) is 17.1 Å². The maximum Gasteiger partial charge on any atom is 0.0659 e. The third-order valence-corrected chi connectivity index (χ3v) is 3.04. The zero-order chi connectivity index (χ0) is 11.7. The molecule has 3 nitrogen and oxygen atoms in total. The van der Waals surface area contributed by atoms with Gasteiger partial charge in [-0.25, -0.2) is 4.68 Å². The molecule has 0 unspecified atom stereocenters. The van der Waals surface area contributed by atoms with E-state index in [-0.39, 0.29) is 0 Å². The topological polar surface area (TPSA) is 30.2 Å². The molecule has 1 aromatic carbocycles. The van der Waals surface area contributed by atoms with E-state index in [0.29, 0.717) is 5.92 Å². The smallest absolute Gasteiger partial charge is 0.0659 e. The number of benzene rings is 1. The van der Waals surface area contributed by atoms with Crippen LogP contribution in [-0.2, 0) is 0 Å². The van der Waals surface area contributed by atoms with Crippen molar-refractivity contribution in [1.82, 2.24) is 9.78 Å². The highest BCUT2D eigenvalue weighted by molar-refractivity contribution is 5.79. The second-order valence-corrected chi connectivity index (χ2v) is 4.44. The number of hydrogen-bond donors (Lipinski definition) is 0. The first-order valence-corrected chi connectivity index (χ1v) is 5.95. The summed E-state index contributed by atoms with van der Waals surface area (Å²) in [4.78, 5) is 4.00. The van der Waals surface area contributed by atoms with Gasteiger partial charge in [0.1, 0.15) is 0 Å². The third kappa shape index (κ3) is 2.13. The lowest BCUT2D eigenvalue weighted by atomic mass is 10.2. The van der Waals surface area contributed by atoms with Crippen LogP contribution in [0.15, 0.2) is 41.5 Å². The van der Waals surface area contributed by atoms with E-state index in [1.165, 1.54) is 18.5 Å². The fourth-order valence-electron chi connectivity index (χ4n) is 1.94. The highest BCUT2D eigenvalue weighted by Gasteiger charge is 2.25. The lowest BCUT2D eigenvalue weighted by Crippen LogP contribution is -1.96. The molecule has 1 saturated carbocycles. The minimum Gasteiger partial charge on any atom is -0.296 e. The summed E-state index contributed by atoms with van der Waals surface area (Å²) in [6.07, 6.45) is 6.48. The van der Waals surface area contributed by atoms with Crippen LogP contribution in [0.5, 0.6) is 0 Å². The van der Waals surface area contributed by atoms with Crippen LogP contribution in [-0.4, -0.2) is 23.0 Å². The van der Waals surface area contributed by atoms with Crippen molar-refractivity contribution >= 4 is 6.21 Å². The molecule has 3 rings (SSSR count). The molecule has 0 saturated heterocycles. The van der Waals surface area contributed by atoms with Crippen molar-refractivity contribution < 1.29 is 0 Å². The van der Waals surface area contributed by atoms with Gasteiger partial charge in [0.25, 0.3) is 0 Å². The van der Waals surface area contributed by atoms with Gasteiger partial charge in [-0.15, -0.1) is 0 Å². The first kappa shape index (κ1) is 10.3. The number of aliphatic imine (C=N–C) groups is 1. The van der Waals surface area contributed by atoms with E-state index in [4.69, 9.17) is 0 Å². The Morgan fingerprint density at radius 1 is 1.24 bits per heavy atom. The molecule has 0 N–H and O–H groups in total. The Morgan fingerprint density at radius 3 is 2.65 bits per heavy atom. The summed E-state index contributed by atoms with van der Waals surface area (Å²) in [5.41, 5.74) is 3.44. The summed E-state index contributed by atoms with van der Waals surface area (Å²) in [5, 5.41) is 4.60. The summed E-state index contributed by atoms with van der Waals surface area (Å²) >= 11 is 0. The Labute approximate surface area is 101 Å². The van der Waals surface area contributed by atoms with Gasteiger partial charge in [-0.2, -0.15) is 5.10 Å². The molecular formula is C14H15N3. The van der Waals surface area contributed by atoms with Gasteiger partial charge in [-0.05, 0) is 36.6 Å². The number of hydrogen-bond acceptors (Lipinski definition) is 2. The molecule has 1 aliphatic rings. The van der Waals surface area contributed by atoms with Crippen LogP contribution < -0.4 is 0 Å². The highest BCUT2D eigenvalue weighted by Crippen LogP contribution is 2.38. The summed E-state index contributed by atoms with van der Waals surface area (Å²) in [6.45, 7) is 0. The lowest BCUT2D eigenvalue weighted by Gasteiger charge is -2.01. The average molecular weight is 225 g/mol. The fraction of sp³-hybridized carbons (Fsp3) is 0.286. The van der Waals surface area contributed by atoms with Crippen molar-refractivity contribution in [2.75, 3.05) is 7.05 Å². The van der Waals surface area contributed by atoms with Gasteiger partial charge >= 0.3 is 0 Å². The third-order valence-electron chi connectivity index (χ3n) is 3.04. The molecule has 2 aromatic rings. The molecule has 1 fully saturated rings. The van der Waals surface area contributed by atoms with Crippen LogP contribution in [0.4, 0.5) is 0 Å². The highest BCUT2D eigenvalue weighted by atomic mass is 15.3. The minimum atomic E-state index is 0.711. The van der Waals surface area contributed by atoms with Crippen molar-refractivity contribution in [1.29, 1.82) is 0 Å². The second kappa shape index (κ2) is 4.17.